The number of hydrogen-bond acceptors (Lipinski definition) is 3. The van der Waals surface area contributed by atoms with Crippen LogP contribution in [-0.2, 0) is 9.59 Å². The van der Waals surface area contributed by atoms with Gasteiger partial charge in [-0.05, 0) is 67.5 Å². The van der Waals surface area contributed by atoms with Crippen LogP contribution in [0.15, 0.2) is 83.6 Å². The summed E-state index contributed by atoms with van der Waals surface area (Å²) in [5, 5.41) is 3.63. The first-order chi connectivity index (χ1) is 15.8. The lowest BCUT2D eigenvalue weighted by atomic mass is 9.84. The molecule has 0 radical (unpaired) electrons. The third-order valence-electron chi connectivity index (χ3n) is 6.10. The molecule has 0 fully saturated rings. The van der Waals surface area contributed by atoms with E-state index in [2.05, 4.69) is 69.3 Å². The van der Waals surface area contributed by atoms with Gasteiger partial charge in [-0.2, -0.15) is 0 Å². The van der Waals surface area contributed by atoms with Crippen molar-refractivity contribution in [2.24, 2.45) is 11.8 Å². The van der Waals surface area contributed by atoms with Gasteiger partial charge in [0.15, 0.2) is 0 Å². The Morgan fingerprint density at radius 3 is 2.39 bits per heavy atom. The Bertz CT molecular complexity index is 835. The van der Waals surface area contributed by atoms with E-state index in [0.717, 1.165) is 41.5 Å². The van der Waals surface area contributed by atoms with E-state index in [1.807, 2.05) is 27.7 Å². The second kappa shape index (κ2) is 16.1. The normalized spacial score (nSPS) is 20.5. The van der Waals surface area contributed by atoms with Crippen LogP contribution in [0.3, 0.4) is 0 Å². The Labute approximate surface area is 202 Å². The van der Waals surface area contributed by atoms with Gasteiger partial charge >= 0.3 is 0 Å². The van der Waals surface area contributed by atoms with Crippen LogP contribution in [0.25, 0.3) is 0 Å². The van der Waals surface area contributed by atoms with Crippen molar-refractivity contribution >= 4 is 12.1 Å². The van der Waals surface area contributed by atoms with Crippen molar-refractivity contribution < 1.29 is 9.59 Å². The molecular formula is C30H45NO2. The zero-order valence-electron chi connectivity index (χ0n) is 22.0. The lowest BCUT2D eigenvalue weighted by Gasteiger charge is -2.26. The summed E-state index contributed by atoms with van der Waals surface area (Å²) in [4.78, 5) is 23.7. The number of Topliss-reactive ketones (excluding diaryl/α,β-unsaturated/α-hetero) is 1. The molecule has 0 aromatic heterocycles. The van der Waals surface area contributed by atoms with Gasteiger partial charge in [-0.15, -0.1) is 13.2 Å². The summed E-state index contributed by atoms with van der Waals surface area (Å²) in [6.07, 6.45) is 13.9. The fraction of sp³-hybridized carbons (Fsp3) is 0.467. The number of allylic oxidation sites excluding steroid dienone is 8. The average molecular weight is 452 g/mol. The minimum absolute atomic E-state index is 0.134. The summed E-state index contributed by atoms with van der Waals surface area (Å²) in [6, 6.07) is 0.332. The fourth-order valence-corrected chi connectivity index (χ4v) is 4.17. The molecule has 3 unspecified atom stereocenters. The summed E-state index contributed by atoms with van der Waals surface area (Å²) in [6.45, 7) is 25.1. The summed E-state index contributed by atoms with van der Waals surface area (Å²) >= 11 is 0. The van der Waals surface area contributed by atoms with Gasteiger partial charge < -0.3 is 5.32 Å². The number of hydrogen-bond donors (Lipinski definition) is 1. The highest BCUT2D eigenvalue weighted by Gasteiger charge is 2.28. The molecule has 0 bridgehead atoms. The Hall–Kier alpha value is -2.52. The fourth-order valence-electron chi connectivity index (χ4n) is 4.17. The lowest BCUT2D eigenvalue weighted by molar-refractivity contribution is -0.120. The highest BCUT2D eigenvalue weighted by Crippen LogP contribution is 2.37. The van der Waals surface area contributed by atoms with Crippen LogP contribution in [0.5, 0.6) is 0 Å². The highest BCUT2D eigenvalue weighted by atomic mass is 16.1. The van der Waals surface area contributed by atoms with Gasteiger partial charge in [-0.1, -0.05) is 77.2 Å². The van der Waals surface area contributed by atoms with E-state index >= 15 is 0 Å². The van der Waals surface area contributed by atoms with Crippen LogP contribution in [0.1, 0.15) is 67.7 Å². The number of carbonyl (C=O) groups excluding carboxylic acids is 2. The van der Waals surface area contributed by atoms with E-state index in [4.69, 9.17) is 0 Å². The molecule has 0 spiro atoms. The zero-order chi connectivity index (χ0) is 25.6. The van der Waals surface area contributed by atoms with E-state index < -0.39 is 0 Å². The number of rotatable bonds is 9. The Kier molecular flexibility index (Phi) is 14.9. The number of carbonyl (C=O) groups is 2. The van der Waals surface area contributed by atoms with Crippen molar-refractivity contribution in [2.45, 2.75) is 73.8 Å². The zero-order valence-corrected chi connectivity index (χ0v) is 22.0. The molecule has 0 saturated heterocycles. The molecule has 0 heterocycles. The third kappa shape index (κ3) is 8.40. The van der Waals surface area contributed by atoms with Crippen LogP contribution in [0.2, 0.25) is 0 Å². The van der Waals surface area contributed by atoms with E-state index in [1.54, 1.807) is 6.92 Å². The average Bonchev–Trinajstić information content (AvgIpc) is 2.97. The standard InChI is InChI=1S/C26H35NO2.C2H6.C2H4/c1-7-21(16-28)25(13-17(3)20(6)29)19(5)24-15-22-11-9-10-12-23(22)26(27-8-2)14-18(24)4;2*1-2/h9-12,15-17,23,26-27H,5,7-8,13-14H2,1-4,6H3;1-2H3;1-2H2/b25-21-;;. The first-order valence-electron chi connectivity index (χ1n) is 12.2. The molecule has 1 N–H and O–H groups in total. The first-order valence-corrected chi connectivity index (χ1v) is 12.2. The second-order valence-corrected chi connectivity index (χ2v) is 8.15. The SMILES string of the molecule is C=C.C=C(C1=C(C)CC(NCC)C2C=CC=CC2=C1)/C(CC(C)C(C)=O)=C(\C=O)CC.CC. The van der Waals surface area contributed by atoms with Crippen molar-refractivity contribution in [1.82, 2.24) is 5.32 Å². The molecule has 0 aromatic rings. The maximum atomic E-state index is 11.9. The predicted molar refractivity (Wildman–Crippen MR) is 144 cm³/mol. The van der Waals surface area contributed by atoms with Crippen LogP contribution >= 0.6 is 0 Å². The van der Waals surface area contributed by atoms with Gasteiger partial charge in [0.25, 0.3) is 0 Å². The molecule has 0 aromatic carbocycles. The maximum absolute atomic E-state index is 11.9. The molecule has 0 amide bonds. The van der Waals surface area contributed by atoms with Crippen molar-refractivity contribution in [1.29, 1.82) is 0 Å². The maximum Gasteiger partial charge on any atom is 0.146 e. The minimum Gasteiger partial charge on any atom is -0.313 e. The topological polar surface area (TPSA) is 46.2 Å². The number of ketones is 1. The molecule has 2 aliphatic rings. The van der Waals surface area contributed by atoms with Crippen LogP contribution in [0, 0.1) is 11.8 Å². The third-order valence-corrected chi connectivity index (χ3v) is 6.10. The number of nitrogens with one attached hydrogen (secondary N) is 1. The van der Waals surface area contributed by atoms with E-state index in [0.29, 0.717) is 24.8 Å². The first kappa shape index (κ1) is 30.5. The van der Waals surface area contributed by atoms with Gasteiger partial charge in [-0.25, -0.2) is 0 Å². The van der Waals surface area contributed by atoms with Gasteiger partial charge in [0.1, 0.15) is 12.1 Å². The van der Waals surface area contributed by atoms with Gasteiger partial charge in [0.05, 0.1) is 0 Å². The smallest absolute Gasteiger partial charge is 0.146 e. The van der Waals surface area contributed by atoms with Crippen molar-refractivity contribution in [3.8, 4) is 0 Å². The number of fused-ring (bicyclic) bond motifs is 1. The second-order valence-electron chi connectivity index (χ2n) is 8.15. The van der Waals surface area contributed by atoms with E-state index in [1.165, 1.54) is 11.1 Å². The molecule has 3 atom stereocenters. The number of aldehydes is 1. The van der Waals surface area contributed by atoms with Gasteiger partial charge in [0, 0.05) is 17.9 Å². The quantitative estimate of drug-likeness (QED) is 0.174. The monoisotopic (exact) mass is 451 g/mol. The summed E-state index contributed by atoms with van der Waals surface area (Å²) in [5.41, 5.74) is 6.17. The highest BCUT2D eigenvalue weighted by molar-refractivity contribution is 5.81. The Morgan fingerprint density at radius 2 is 1.88 bits per heavy atom. The minimum atomic E-state index is -0.137. The molecule has 0 saturated carbocycles. The van der Waals surface area contributed by atoms with Crippen LogP contribution in [-0.4, -0.2) is 24.7 Å². The van der Waals surface area contributed by atoms with E-state index in [9.17, 15) is 9.59 Å². The molecule has 3 nitrogen and oxygen atoms in total. The van der Waals surface area contributed by atoms with Crippen molar-refractivity contribution in [3.05, 3.63) is 83.6 Å². The summed E-state index contributed by atoms with van der Waals surface area (Å²) in [7, 11) is 0. The van der Waals surface area contributed by atoms with Crippen molar-refractivity contribution in [3.63, 3.8) is 0 Å². The van der Waals surface area contributed by atoms with Crippen molar-refractivity contribution in [2.75, 3.05) is 6.54 Å². The largest absolute Gasteiger partial charge is 0.313 e. The van der Waals surface area contributed by atoms with Crippen LogP contribution in [0.4, 0.5) is 0 Å². The lowest BCUT2D eigenvalue weighted by Crippen LogP contribution is -2.36. The molecule has 33 heavy (non-hydrogen) atoms. The van der Waals surface area contributed by atoms with Gasteiger partial charge in [-0.3, -0.25) is 9.59 Å². The van der Waals surface area contributed by atoms with Gasteiger partial charge in [0.2, 0.25) is 0 Å². The molecule has 2 aliphatic carbocycles. The molecule has 182 valence electrons. The Morgan fingerprint density at radius 1 is 1.24 bits per heavy atom. The molecule has 3 heteroatoms. The molecular weight excluding hydrogens is 406 g/mol. The molecule has 2 rings (SSSR count). The van der Waals surface area contributed by atoms with E-state index in [-0.39, 0.29) is 11.7 Å². The Balaban J connectivity index is 0.00000242. The predicted octanol–water partition coefficient (Wildman–Crippen LogP) is 7.26. The summed E-state index contributed by atoms with van der Waals surface area (Å²) in [5.74, 6) is 0.317. The summed E-state index contributed by atoms with van der Waals surface area (Å²) < 4.78 is 0. The molecule has 0 aliphatic heterocycles. The van der Waals surface area contributed by atoms with Crippen LogP contribution < -0.4 is 5.32 Å².